The van der Waals surface area contributed by atoms with E-state index in [1.54, 1.807) is 0 Å². The van der Waals surface area contributed by atoms with Gasteiger partial charge in [0.05, 0.1) is 11.4 Å². The van der Waals surface area contributed by atoms with E-state index in [0.717, 1.165) is 33.8 Å². The van der Waals surface area contributed by atoms with E-state index in [4.69, 9.17) is 0 Å². The molecule has 0 radical (unpaired) electrons. The van der Waals surface area contributed by atoms with Crippen LogP contribution in [0.2, 0.25) is 0 Å². The van der Waals surface area contributed by atoms with Gasteiger partial charge in [-0.2, -0.15) is 5.10 Å². The topological polar surface area (TPSA) is 46.9 Å². The number of carbonyl (C=O) groups is 1. The molecule has 1 heterocycles. The second kappa shape index (κ2) is 8.97. The summed E-state index contributed by atoms with van der Waals surface area (Å²) in [4.78, 5) is 13.0. The molecule has 4 nitrogen and oxygen atoms in total. The molecule has 1 aromatic heterocycles. The van der Waals surface area contributed by atoms with Gasteiger partial charge in [-0.15, -0.1) is 0 Å². The molecular formula is C29H23N3O. The summed E-state index contributed by atoms with van der Waals surface area (Å²) in [5.74, 6) is -0.241. The predicted molar refractivity (Wildman–Crippen MR) is 134 cm³/mol. The fraction of sp³-hybridized carbons (Fsp3) is 0.0345. The zero-order valence-electron chi connectivity index (χ0n) is 18.3. The molecule has 0 spiro atoms. The highest BCUT2D eigenvalue weighted by Gasteiger charge is 2.17. The van der Waals surface area contributed by atoms with Gasteiger partial charge >= 0.3 is 0 Å². The number of benzene rings is 4. The van der Waals surface area contributed by atoms with E-state index >= 15 is 0 Å². The van der Waals surface area contributed by atoms with Crippen LogP contribution in [0.5, 0.6) is 0 Å². The molecule has 33 heavy (non-hydrogen) atoms. The highest BCUT2D eigenvalue weighted by atomic mass is 16.1. The average molecular weight is 430 g/mol. The lowest BCUT2D eigenvalue weighted by molar-refractivity contribution is 0.102. The fourth-order valence-corrected chi connectivity index (χ4v) is 3.83. The molecule has 1 N–H and O–H groups in total. The van der Waals surface area contributed by atoms with Crippen LogP contribution in [0.1, 0.15) is 16.1 Å². The van der Waals surface area contributed by atoms with Crippen molar-refractivity contribution in [1.82, 2.24) is 9.78 Å². The molecule has 0 fully saturated rings. The van der Waals surface area contributed by atoms with Gasteiger partial charge < -0.3 is 5.32 Å². The number of anilines is 1. The van der Waals surface area contributed by atoms with Crippen LogP contribution in [0.15, 0.2) is 115 Å². The summed E-state index contributed by atoms with van der Waals surface area (Å²) in [6.45, 7) is 2.05. The fourth-order valence-electron chi connectivity index (χ4n) is 3.83. The highest BCUT2D eigenvalue weighted by molar-refractivity contribution is 6.03. The zero-order valence-corrected chi connectivity index (χ0v) is 18.3. The lowest BCUT2D eigenvalue weighted by Gasteiger charge is -2.09. The van der Waals surface area contributed by atoms with Gasteiger partial charge in [-0.25, -0.2) is 4.68 Å². The van der Waals surface area contributed by atoms with Gasteiger partial charge in [0.25, 0.3) is 5.91 Å². The third-order valence-electron chi connectivity index (χ3n) is 5.51. The monoisotopic (exact) mass is 429 g/mol. The molecule has 1 amide bonds. The third-order valence-corrected chi connectivity index (χ3v) is 5.51. The number of amides is 1. The Morgan fingerprint density at radius 3 is 2.03 bits per heavy atom. The molecule has 0 saturated carbocycles. The summed E-state index contributed by atoms with van der Waals surface area (Å²) < 4.78 is 1.84. The van der Waals surface area contributed by atoms with Gasteiger partial charge in [-0.05, 0) is 53.9 Å². The van der Waals surface area contributed by atoms with E-state index < -0.39 is 0 Å². The number of aromatic nitrogens is 2. The van der Waals surface area contributed by atoms with E-state index in [2.05, 4.69) is 52.9 Å². The van der Waals surface area contributed by atoms with E-state index in [0.29, 0.717) is 5.69 Å². The van der Waals surface area contributed by atoms with Crippen LogP contribution in [-0.4, -0.2) is 15.7 Å². The third kappa shape index (κ3) is 4.46. The lowest BCUT2D eigenvalue weighted by Crippen LogP contribution is -2.13. The molecule has 0 atom stereocenters. The molecule has 160 valence electrons. The van der Waals surface area contributed by atoms with Crippen molar-refractivity contribution < 1.29 is 4.79 Å². The van der Waals surface area contributed by atoms with Crippen LogP contribution in [0.25, 0.3) is 28.1 Å². The standard InChI is InChI=1S/C29H23N3O/c1-21-9-8-14-26(19-21)32-28(20-27(31-32)29(33)30-25-12-6-3-7-13-25)24-17-15-23(16-18-24)22-10-4-2-5-11-22/h2-20H,1H3,(H,30,33). The first-order valence-corrected chi connectivity index (χ1v) is 10.9. The van der Waals surface area contributed by atoms with Crippen molar-refractivity contribution in [3.63, 3.8) is 0 Å². The maximum absolute atomic E-state index is 13.0. The van der Waals surface area contributed by atoms with Crippen LogP contribution >= 0.6 is 0 Å². The van der Waals surface area contributed by atoms with Crippen LogP contribution < -0.4 is 5.32 Å². The van der Waals surface area contributed by atoms with Crippen molar-refractivity contribution in [2.75, 3.05) is 5.32 Å². The lowest BCUT2D eigenvalue weighted by atomic mass is 10.0. The van der Waals surface area contributed by atoms with Crippen molar-refractivity contribution in [2.24, 2.45) is 0 Å². The minimum absolute atomic E-state index is 0.241. The van der Waals surface area contributed by atoms with Crippen LogP contribution in [-0.2, 0) is 0 Å². The minimum Gasteiger partial charge on any atom is -0.321 e. The van der Waals surface area contributed by atoms with Gasteiger partial charge in [0, 0.05) is 11.3 Å². The zero-order chi connectivity index (χ0) is 22.6. The molecular weight excluding hydrogens is 406 g/mol. The van der Waals surface area contributed by atoms with Crippen LogP contribution in [0.4, 0.5) is 5.69 Å². The second-order valence-corrected chi connectivity index (χ2v) is 7.93. The summed E-state index contributed by atoms with van der Waals surface area (Å²) in [5.41, 5.74) is 7.30. The minimum atomic E-state index is -0.241. The molecule has 0 aliphatic heterocycles. The Morgan fingerprint density at radius 2 is 1.33 bits per heavy atom. The highest BCUT2D eigenvalue weighted by Crippen LogP contribution is 2.28. The average Bonchev–Trinajstić information content (AvgIpc) is 3.31. The number of rotatable bonds is 5. The number of hydrogen-bond donors (Lipinski definition) is 1. The van der Waals surface area contributed by atoms with Gasteiger partial charge in [-0.3, -0.25) is 4.79 Å². The number of hydrogen-bond acceptors (Lipinski definition) is 2. The molecule has 0 unspecified atom stereocenters. The van der Waals surface area contributed by atoms with Crippen molar-refractivity contribution in [3.8, 4) is 28.1 Å². The Balaban J connectivity index is 1.54. The largest absolute Gasteiger partial charge is 0.321 e. The quantitative estimate of drug-likeness (QED) is 0.335. The Labute approximate surface area is 193 Å². The molecule has 5 aromatic rings. The SMILES string of the molecule is Cc1cccc(-n2nc(C(=O)Nc3ccccc3)cc2-c2ccc(-c3ccccc3)cc2)c1. The van der Waals surface area contributed by atoms with Gasteiger partial charge in [0.2, 0.25) is 0 Å². The van der Waals surface area contributed by atoms with E-state index in [-0.39, 0.29) is 5.91 Å². The molecule has 0 aliphatic carbocycles. The predicted octanol–water partition coefficient (Wildman–Crippen LogP) is 6.77. The Hall–Kier alpha value is -4.44. The summed E-state index contributed by atoms with van der Waals surface area (Å²) in [6.07, 6.45) is 0. The van der Waals surface area contributed by atoms with E-state index in [1.165, 1.54) is 5.56 Å². The molecule has 4 heteroatoms. The number of nitrogens with zero attached hydrogens (tertiary/aromatic N) is 2. The first-order chi connectivity index (χ1) is 16.2. The smallest absolute Gasteiger partial charge is 0.276 e. The van der Waals surface area contributed by atoms with Gasteiger partial charge in [-0.1, -0.05) is 84.9 Å². The number of aryl methyl sites for hydroxylation is 1. The Bertz CT molecular complexity index is 1390. The van der Waals surface area contributed by atoms with E-state index in [9.17, 15) is 4.79 Å². The molecule has 4 aromatic carbocycles. The van der Waals surface area contributed by atoms with Crippen molar-refractivity contribution in [3.05, 3.63) is 127 Å². The maximum Gasteiger partial charge on any atom is 0.276 e. The van der Waals surface area contributed by atoms with Crippen molar-refractivity contribution in [1.29, 1.82) is 0 Å². The van der Waals surface area contributed by atoms with Gasteiger partial charge in [0.15, 0.2) is 5.69 Å². The van der Waals surface area contributed by atoms with Crippen LogP contribution in [0, 0.1) is 6.92 Å². The summed E-state index contributed by atoms with van der Waals surface area (Å²) in [5, 5.41) is 7.61. The molecule has 0 bridgehead atoms. The Morgan fingerprint density at radius 1 is 0.697 bits per heavy atom. The summed E-state index contributed by atoms with van der Waals surface area (Å²) in [7, 11) is 0. The molecule has 0 saturated heterocycles. The number of para-hydroxylation sites is 1. The van der Waals surface area contributed by atoms with Crippen LogP contribution in [0.3, 0.4) is 0 Å². The summed E-state index contributed by atoms with van der Waals surface area (Å²) >= 11 is 0. The number of carbonyl (C=O) groups excluding carboxylic acids is 1. The van der Waals surface area contributed by atoms with Crippen molar-refractivity contribution >= 4 is 11.6 Å². The molecule has 5 rings (SSSR count). The van der Waals surface area contributed by atoms with Crippen molar-refractivity contribution in [2.45, 2.75) is 6.92 Å². The normalized spacial score (nSPS) is 10.7. The Kier molecular flexibility index (Phi) is 5.56. The van der Waals surface area contributed by atoms with Gasteiger partial charge in [0.1, 0.15) is 0 Å². The summed E-state index contributed by atoms with van der Waals surface area (Å²) in [6, 6.07) is 38.0. The van der Waals surface area contributed by atoms with E-state index in [1.807, 2.05) is 84.4 Å². The first-order valence-electron chi connectivity index (χ1n) is 10.9. The number of nitrogens with one attached hydrogen (secondary N) is 1. The molecule has 0 aliphatic rings. The first kappa shape index (κ1) is 20.5. The second-order valence-electron chi connectivity index (χ2n) is 7.93. The maximum atomic E-state index is 13.0.